The minimum absolute atomic E-state index is 0.0154. The van der Waals surface area contributed by atoms with Crippen LogP contribution in [0.3, 0.4) is 0 Å². The molecule has 0 amide bonds. The van der Waals surface area contributed by atoms with Gasteiger partial charge >= 0.3 is 18.3 Å². The zero-order valence-electron chi connectivity index (χ0n) is 19.8. The van der Waals surface area contributed by atoms with Gasteiger partial charge in [-0.3, -0.25) is 14.9 Å². The maximum absolute atomic E-state index is 13.9. The van der Waals surface area contributed by atoms with Crippen molar-refractivity contribution in [3.63, 3.8) is 0 Å². The largest absolute Gasteiger partial charge is 0.481 e. The SMILES string of the molecule is O=C(O)C1CCN(c2cc(N3CCN(c4ccc(C(F)(F)F)cn4)CC3)c([N+](=O)[O-])cc2C(F)(F)F)CC1. The van der Waals surface area contributed by atoms with E-state index in [4.69, 9.17) is 0 Å². The number of hydrogen-bond acceptors (Lipinski definition) is 7. The molecule has 0 saturated carbocycles. The van der Waals surface area contributed by atoms with Crippen molar-refractivity contribution in [2.24, 2.45) is 5.92 Å². The zero-order chi connectivity index (χ0) is 27.8. The highest BCUT2D eigenvalue weighted by molar-refractivity contribution is 5.75. The first kappa shape index (κ1) is 27.3. The molecule has 9 nitrogen and oxygen atoms in total. The molecule has 4 rings (SSSR count). The smallest absolute Gasteiger partial charge is 0.418 e. The minimum Gasteiger partial charge on any atom is -0.481 e. The number of alkyl halides is 6. The molecule has 0 spiro atoms. The van der Waals surface area contributed by atoms with E-state index in [9.17, 15) is 46.4 Å². The number of carboxylic acid groups (broad SMARTS) is 1. The van der Waals surface area contributed by atoms with Gasteiger partial charge in [-0.2, -0.15) is 26.3 Å². The summed E-state index contributed by atoms with van der Waals surface area (Å²) in [6, 6.07) is 3.76. The van der Waals surface area contributed by atoms with Gasteiger partial charge < -0.3 is 19.8 Å². The Morgan fingerprint density at radius 3 is 1.95 bits per heavy atom. The summed E-state index contributed by atoms with van der Waals surface area (Å²) in [6.07, 6.45) is -8.43. The summed E-state index contributed by atoms with van der Waals surface area (Å²) in [5.74, 6) is -1.42. The molecular formula is C23H23F6N5O4. The van der Waals surface area contributed by atoms with Crippen molar-refractivity contribution in [1.29, 1.82) is 0 Å². The van der Waals surface area contributed by atoms with Gasteiger partial charge in [-0.25, -0.2) is 4.98 Å². The second kappa shape index (κ2) is 10.2. The van der Waals surface area contributed by atoms with E-state index in [1.54, 1.807) is 9.80 Å². The van der Waals surface area contributed by atoms with E-state index >= 15 is 0 Å². The molecule has 0 aliphatic carbocycles. The van der Waals surface area contributed by atoms with Crippen LogP contribution in [0.25, 0.3) is 0 Å². The fourth-order valence-corrected chi connectivity index (χ4v) is 4.74. The van der Waals surface area contributed by atoms with Gasteiger partial charge in [0.05, 0.1) is 27.7 Å². The maximum atomic E-state index is 13.9. The van der Waals surface area contributed by atoms with Gasteiger partial charge in [0, 0.05) is 51.5 Å². The molecule has 1 N–H and O–H groups in total. The van der Waals surface area contributed by atoms with Crippen molar-refractivity contribution in [3.05, 3.63) is 51.7 Å². The Morgan fingerprint density at radius 1 is 0.895 bits per heavy atom. The molecule has 3 heterocycles. The number of aliphatic carboxylic acids is 1. The molecule has 0 bridgehead atoms. The van der Waals surface area contributed by atoms with Crippen molar-refractivity contribution in [1.82, 2.24) is 4.98 Å². The minimum atomic E-state index is -4.88. The molecule has 2 saturated heterocycles. The predicted molar refractivity (Wildman–Crippen MR) is 124 cm³/mol. The third kappa shape index (κ3) is 5.70. The number of anilines is 3. The molecule has 2 aromatic rings. The number of piperazine rings is 1. The summed E-state index contributed by atoms with van der Waals surface area (Å²) in [4.78, 5) is 30.6. The van der Waals surface area contributed by atoms with Crippen molar-refractivity contribution in [2.75, 3.05) is 54.0 Å². The van der Waals surface area contributed by atoms with Gasteiger partial charge in [-0.15, -0.1) is 0 Å². The van der Waals surface area contributed by atoms with E-state index in [0.717, 1.165) is 12.1 Å². The highest BCUT2D eigenvalue weighted by atomic mass is 19.4. The first-order valence-corrected chi connectivity index (χ1v) is 11.7. The molecule has 15 heteroatoms. The normalized spacial score (nSPS) is 17.6. The van der Waals surface area contributed by atoms with Gasteiger partial charge in [-0.05, 0) is 31.0 Å². The molecule has 0 unspecified atom stereocenters. The Bertz CT molecular complexity index is 1190. The van der Waals surface area contributed by atoms with Gasteiger partial charge in [-0.1, -0.05) is 0 Å². The molecule has 2 aliphatic rings. The highest BCUT2D eigenvalue weighted by Crippen LogP contribution is 2.44. The van der Waals surface area contributed by atoms with E-state index in [1.807, 2.05) is 0 Å². The summed E-state index contributed by atoms with van der Waals surface area (Å²) in [7, 11) is 0. The lowest BCUT2D eigenvalue weighted by atomic mass is 9.95. The second-order valence-corrected chi connectivity index (χ2v) is 9.09. The van der Waals surface area contributed by atoms with Crippen molar-refractivity contribution in [3.8, 4) is 0 Å². The zero-order valence-corrected chi connectivity index (χ0v) is 19.8. The molecule has 0 radical (unpaired) electrons. The summed E-state index contributed by atoms with van der Waals surface area (Å²) in [5.41, 5.74) is -3.07. The van der Waals surface area contributed by atoms with Crippen LogP contribution in [0.4, 0.5) is 49.2 Å². The molecule has 2 fully saturated rings. The Kier molecular flexibility index (Phi) is 7.30. The monoisotopic (exact) mass is 547 g/mol. The number of carbonyl (C=O) groups is 1. The highest BCUT2D eigenvalue weighted by Gasteiger charge is 2.40. The number of nitrogens with zero attached hydrogens (tertiary/aromatic N) is 5. The van der Waals surface area contributed by atoms with Gasteiger partial charge in [0.2, 0.25) is 0 Å². The number of nitro benzene ring substituents is 1. The summed E-state index contributed by atoms with van der Waals surface area (Å²) in [5, 5.41) is 21.0. The first-order valence-electron chi connectivity index (χ1n) is 11.7. The molecular weight excluding hydrogens is 524 g/mol. The number of nitro groups is 1. The van der Waals surface area contributed by atoms with Crippen LogP contribution in [0.2, 0.25) is 0 Å². The van der Waals surface area contributed by atoms with Crippen molar-refractivity contribution in [2.45, 2.75) is 25.2 Å². The van der Waals surface area contributed by atoms with E-state index in [2.05, 4.69) is 4.98 Å². The molecule has 1 aromatic carbocycles. The van der Waals surface area contributed by atoms with Crippen LogP contribution in [0.1, 0.15) is 24.0 Å². The lowest BCUT2D eigenvalue weighted by molar-refractivity contribution is -0.384. The number of rotatable bonds is 5. The van der Waals surface area contributed by atoms with Crippen LogP contribution >= 0.6 is 0 Å². The summed E-state index contributed by atoms with van der Waals surface area (Å²) >= 11 is 0. The van der Waals surface area contributed by atoms with Crippen LogP contribution in [0.5, 0.6) is 0 Å². The molecule has 0 atom stereocenters. The lowest BCUT2D eigenvalue weighted by Gasteiger charge is -2.38. The third-order valence-electron chi connectivity index (χ3n) is 6.80. The molecule has 206 valence electrons. The van der Waals surface area contributed by atoms with Gasteiger partial charge in [0.15, 0.2) is 0 Å². The number of benzene rings is 1. The summed E-state index contributed by atoms with van der Waals surface area (Å²) in [6.45, 7) is 0.825. The van der Waals surface area contributed by atoms with Crippen LogP contribution in [-0.2, 0) is 17.1 Å². The maximum Gasteiger partial charge on any atom is 0.418 e. The van der Waals surface area contributed by atoms with Gasteiger partial charge in [0.25, 0.3) is 5.69 Å². The fourth-order valence-electron chi connectivity index (χ4n) is 4.74. The number of aromatic nitrogens is 1. The van der Waals surface area contributed by atoms with E-state index in [0.29, 0.717) is 12.3 Å². The van der Waals surface area contributed by atoms with E-state index in [-0.39, 0.29) is 69.3 Å². The number of hydrogen-bond donors (Lipinski definition) is 1. The van der Waals surface area contributed by atoms with Crippen molar-refractivity contribution < 1.29 is 41.2 Å². The van der Waals surface area contributed by atoms with Crippen LogP contribution in [0, 0.1) is 16.0 Å². The third-order valence-corrected chi connectivity index (χ3v) is 6.80. The van der Waals surface area contributed by atoms with Gasteiger partial charge in [0.1, 0.15) is 11.5 Å². The van der Waals surface area contributed by atoms with E-state index < -0.39 is 46.0 Å². The Balaban J connectivity index is 1.60. The fraction of sp³-hybridized carbons (Fsp3) is 0.478. The van der Waals surface area contributed by atoms with Crippen LogP contribution in [-0.4, -0.2) is 60.3 Å². The molecule has 1 aromatic heterocycles. The summed E-state index contributed by atoms with van der Waals surface area (Å²) < 4.78 is 80.2. The number of piperidine rings is 1. The average Bonchev–Trinajstić information content (AvgIpc) is 2.87. The topological polar surface area (TPSA) is 103 Å². The number of halogens is 6. The predicted octanol–water partition coefficient (Wildman–Crippen LogP) is 4.66. The quantitative estimate of drug-likeness (QED) is 0.328. The van der Waals surface area contributed by atoms with Crippen LogP contribution in [0.15, 0.2) is 30.5 Å². The van der Waals surface area contributed by atoms with E-state index in [1.165, 1.54) is 11.0 Å². The second-order valence-electron chi connectivity index (χ2n) is 9.09. The molecule has 2 aliphatic heterocycles. The lowest BCUT2D eigenvalue weighted by Crippen LogP contribution is -2.47. The Hall–Kier alpha value is -3.78. The Labute approximate surface area is 212 Å². The standard InChI is InChI=1S/C23H23F6N5O4/c24-22(25,26)15-1-2-20(30-13-15)33-9-7-32(8-10-33)18-12-17(31-5-3-14(4-6-31)21(35)36)16(23(27,28)29)11-19(18)34(37)38/h1-2,11-14H,3-10H2,(H,35,36). The molecule has 38 heavy (non-hydrogen) atoms. The number of pyridine rings is 1. The Morgan fingerprint density at radius 2 is 1.47 bits per heavy atom. The van der Waals surface area contributed by atoms with Crippen LogP contribution < -0.4 is 14.7 Å². The number of carboxylic acids is 1. The first-order chi connectivity index (χ1) is 17.8. The average molecular weight is 547 g/mol. The van der Waals surface area contributed by atoms with Crippen molar-refractivity contribution >= 4 is 28.8 Å².